The molecule has 0 aromatic heterocycles. The number of rotatable bonds is 2. The van der Waals surface area contributed by atoms with Crippen molar-refractivity contribution in [1.29, 1.82) is 0 Å². The van der Waals surface area contributed by atoms with Gasteiger partial charge in [0.1, 0.15) is 5.82 Å². The average Bonchev–Trinajstić information content (AvgIpc) is 2.40. The number of hydrogen-bond acceptors (Lipinski definition) is 1. The third-order valence-electron chi connectivity index (χ3n) is 2.99. The Morgan fingerprint density at radius 1 is 0.810 bits per heavy atom. The van der Waals surface area contributed by atoms with Gasteiger partial charge < -0.3 is 5.73 Å². The van der Waals surface area contributed by atoms with Crippen molar-refractivity contribution in [2.45, 2.75) is 12.2 Å². The van der Waals surface area contributed by atoms with Gasteiger partial charge in [0.2, 0.25) is 0 Å². The number of benzene rings is 2. The maximum absolute atomic E-state index is 13.9. The molecule has 0 saturated carbocycles. The van der Waals surface area contributed by atoms with Crippen LogP contribution in [0.3, 0.4) is 0 Å². The molecule has 7 heteroatoms. The zero-order valence-corrected chi connectivity index (χ0v) is 10.4. The van der Waals surface area contributed by atoms with Gasteiger partial charge in [-0.3, -0.25) is 0 Å². The first kappa shape index (κ1) is 15.4. The molecule has 1 nitrogen and oxygen atoms in total. The minimum atomic E-state index is -4.90. The van der Waals surface area contributed by atoms with Crippen molar-refractivity contribution < 1.29 is 26.3 Å². The lowest BCUT2D eigenvalue weighted by Crippen LogP contribution is -2.18. The summed E-state index contributed by atoms with van der Waals surface area (Å²) in [7, 11) is 0. The molecule has 0 fully saturated rings. The van der Waals surface area contributed by atoms with E-state index in [1.54, 1.807) is 0 Å². The molecule has 0 amide bonds. The second kappa shape index (κ2) is 5.40. The molecule has 1 unspecified atom stereocenters. The van der Waals surface area contributed by atoms with Crippen LogP contribution < -0.4 is 5.73 Å². The van der Waals surface area contributed by atoms with Crippen LogP contribution in [0.4, 0.5) is 26.3 Å². The van der Waals surface area contributed by atoms with Gasteiger partial charge in [-0.15, -0.1) is 0 Å². The van der Waals surface area contributed by atoms with E-state index in [0.717, 1.165) is 30.3 Å². The van der Waals surface area contributed by atoms with E-state index in [-0.39, 0.29) is 0 Å². The van der Waals surface area contributed by atoms with Crippen LogP contribution >= 0.6 is 0 Å². The van der Waals surface area contributed by atoms with E-state index in [1.165, 1.54) is 0 Å². The fraction of sp³-hybridized carbons (Fsp3) is 0.143. The van der Waals surface area contributed by atoms with Gasteiger partial charge in [0.05, 0.1) is 11.6 Å². The van der Waals surface area contributed by atoms with Gasteiger partial charge in [0.15, 0.2) is 11.6 Å². The monoisotopic (exact) mass is 305 g/mol. The van der Waals surface area contributed by atoms with Gasteiger partial charge in [-0.2, -0.15) is 13.2 Å². The maximum Gasteiger partial charge on any atom is 0.419 e. The molecule has 112 valence electrons. The van der Waals surface area contributed by atoms with Gasteiger partial charge in [0.25, 0.3) is 0 Å². The zero-order chi connectivity index (χ0) is 15.8. The molecule has 0 bridgehead atoms. The first-order valence-corrected chi connectivity index (χ1v) is 5.78. The largest absolute Gasteiger partial charge is 0.419 e. The Kier molecular flexibility index (Phi) is 3.95. The number of alkyl halides is 3. The highest BCUT2D eigenvalue weighted by molar-refractivity contribution is 5.37. The summed E-state index contributed by atoms with van der Waals surface area (Å²) < 4.78 is 78.5. The van der Waals surface area contributed by atoms with Crippen molar-refractivity contribution in [1.82, 2.24) is 0 Å². The van der Waals surface area contributed by atoms with Crippen LogP contribution in [0.15, 0.2) is 36.4 Å². The van der Waals surface area contributed by atoms with Crippen molar-refractivity contribution in [2.24, 2.45) is 5.73 Å². The summed E-state index contributed by atoms with van der Waals surface area (Å²) in [5.41, 5.74) is 3.09. The van der Waals surface area contributed by atoms with Crippen LogP contribution in [0.25, 0.3) is 0 Å². The first-order chi connectivity index (χ1) is 9.73. The second-order valence-electron chi connectivity index (χ2n) is 4.33. The molecule has 2 aromatic rings. The Hall–Kier alpha value is -2.02. The van der Waals surface area contributed by atoms with E-state index in [1.807, 2.05) is 0 Å². The molecule has 0 heterocycles. The van der Waals surface area contributed by atoms with Crippen LogP contribution in [0, 0.1) is 17.5 Å². The third-order valence-corrected chi connectivity index (χ3v) is 2.99. The molecule has 1 atom stereocenters. The molecule has 0 aliphatic carbocycles. The predicted molar refractivity (Wildman–Crippen MR) is 63.8 cm³/mol. The minimum absolute atomic E-state index is 0.423. The SMILES string of the molecule is NC(c1cccc(F)c1F)c1cccc(C(F)(F)F)c1F. The Bertz CT molecular complexity index is 665. The van der Waals surface area contributed by atoms with Crippen LogP contribution in [0.1, 0.15) is 22.7 Å². The molecular formula is C14H9F6N. The van der Waals surface area contributed by atoms with Crippen LogP contribution in [-0.4, -0.2) is 0 Å². The van der Waals surface area contributed by atoms with Gasteiger partial charge in [0, 0.05) is 11.1 Å². The van der Waals surface area contributed by atoms with E-state index < -0.39 is 46.4 Å². The summed E-state index contributed by atoms with van der Waals surface area (Å²) in [6, 6.07) is 4.00. The smallest absolute Gasteiger partial charge is 0.320 e. The quantitative estimate of drug-likeness (QED) is 0.828. The van der Waals surface area contributed by atoms with Gasteiger partial charge in [-0.1, -0.05) is 24.3 Å². The lowest BCUT2D eigenvalue weighted by molar-refractivity contribution is -0.140. The van der Waals surface area contributed by atoms with Crippen LogP contribution in [-0.2, 0) is 6.18 Å². The van der Waals surface area contributed by atoms with Gasteiger partial charge in [-0.25, -0.2) is 13.2 Å². The zero-order valence-electron chi connectivity index (χ0n) is 10.4. The molecule has 0 aliphatic rings. The molecule has 0 spiro atoms. The number of hydrogen-bond donors (Lipinski definition) is 1. The third kappa shape index (κ3) is 2.87. The van der Waals surface area contributed by atoms with Crippen molar-refractivity contribution >= 4 is 0 Å². The fourth-order valence-electron chi connectivity index (χ4n) is 1.94. The van der Waals surface area contributed by atoms with E-state index in [2.05, 4.69) is 0 Å². The summed E-state index contributed by atoms with van der Waals surface area (Å²) in [6.07, 6.45) is -4.90. The van der Waals surface area contributed by atoms with Crippen molar-refractivity contribution in [3.05, 3.63) is 70.5 Å². The molecule has 2 aromatic carbocycles. The molecule has 2 N–H and O–H groups in total. The fourth-order valence-corrected chi connectivity index (χ4v) is 1.94. The summed E-state index contributed by atoms with van der Waals surface area (Å²) in [5, 5.41) is 0. The van der Waals surface area contributed by atoms with E-state index in [4.69, 9.17) is 5.73 Å². The lowest BCUT2D eigenvalue weighted by atomic mass is 9.96. The first-order valence-electron chi connectivity index (χ1n) is 5.78. The molecule has 21 heavy (non-hydrogen) atoms. The average molecular weight is 305 g/mol. The Morgan fingerprint density at radius 3 is 1.90 bits per heavy atom. The summed E-state index contributed by atoms with van der Waals surface area (Å²) in [6.45, 7) is 0. The van der Waals surface area contributed by atoms with Crippen LogP contribution in [0.5, 0.6) is 0 Å². The summed E-state index contributed by atoms with van der Waals surface area (Å²) >= 11 is 0. The molecule has 0 aliphatic heterocycles. The van der Waals surface area contributed by atoms with E-state index >= 15 is 0 Å². The highest BCUT2D eigenvalue weighted by Gasteiger charge is 2.35. The number of nitrogens with two attached hydrogens (primary N) is 1. The second-order valence-corrected chi connectivity index (χ2v) is 4.33. The van der Waals surface area contributed by atoms with Crippen LogP contribution in [0.2, 0.25) is 0 Å². The lowest BCUT2D eigenvalue weighted by Gasteiger charge is -2.17. The molecule has 2 rings (SSSR count). The predicted octanol–water partition coefficient (Wildman–Crippen LogP) is 4.17. The van der Waals surface area contributed by atoms with Gasteiger partial charge >= 0.3 is 6.18 Å². The highest BCUT2D eigenvalue weighted by atomic mass is 19.4. The maximum atomic E-state index is 13.9. The molecular weight excluding hydrogens is 296 g/mol. The van der Waals surface area contributed by atoms with Gasteiger partial charge in [-0.05, 0) is 12.1 Å². The molecule has 0 saturated heterocycles. The highest BCUT2D eigenvalue weighted by Crippen LogP contribution is 2.35. The molecule has 0 radical (unpaired) electrons. The summed E-state index contributed by atoms with van der Waals surface area (Å²) in [5.74, 6) is -4.13. The minimum Gasteiger partial charge on any atom is -0.320 e. The van der Waals surface area contributed by atoms with E-state index in [0.29, 0.717) is 6.07 Å². The summed E-state index contributed by atoms with van der Waals surface area (Å²) in [4.78, 5) is 0. The van der Waals surface area contributed by atoms with Crippen molar-refractivity contribution in [3.63, 3.8) is 0 Å². The van der Waals surface area contributed by atoms with Crippen molar-refractivity contribution in [3.8, 4) is 0 Å². The topological polar surface area (TPSA) is 26.0 Å². The van der Waals surface area contributed by atoms with E-state index in [9.17, 15) is 26.3 Å². The Balaban J connectivity index is 2.54. The normalized spacial score (nSPS) is 13.3. The van der Waals surface area contributed by atoms with Crippen molar-refractivity contribution in [2.75, 3.05) is 0 Å². The number of halogens is 6. The Morgan fingerprint density at radius 2 is 1.33 bits per heavy atom. The Labute approximate surface area is 116 Å². The standard InChI is InChI=1S/C14H9F6N/c15-10-6-2-4-8(12(10)17)13(21)7-3-1-5-9(11(7)16)14(18,19)20/h1-6,13H,21H2.